The molecule has 1 amide bonds. The van der Waals surface area contributed by atoms with Crippen LogP contribution < -0.4 is 10.6 Å². The van der Waals surface area contributed by atoms with Gasteiger partial charge >= 0.3 is 0 Å². The maximum atomic E-state index is 12.1. The van der Waals surface area contributed by atoms with Crippen LogP contribution in [0.25, 0.3) is 0 Å². The Labute approximate surface area is 111 Å². The Morgan fingerprint density at radius 2 is 2.11 bits per heavy atom. The van der Waals surface area contributed by atoms with E-state index in [2.05, 4.69) is 36.3 Å². The number of amides is 1. The minimum Gasteiger partial charge on any atom is -0.352 e. The molecule has 0 aliphatic carbocycles. The van der Waals surface area contributed by atoms with Crippen LogP contribution in [0.5, 0.6) is 0 Å². The molecule has 1 rings (SSSR count). The van der Waals surface area contributed by atoms with Gasteiger partial charge in [0.1, 0.15) is 0 Å². The summed E-state index contributed by atoms with van der Waals surface area (Å²) in [5.74, 6) is 0.766. The van der Waals surface area contributed by atoms with Crippen molar-refractivity contribution in [2.45, 2.75) is 58.7 Å². The minimum absolute atomic E-state index is 0.0146. The van der Waals surface area contributed by atoms with Crippen LogP contribution in [0.3, 0.4) is 0 Å². The van der Waals surface area contributed by atoms with E-state index >= 15 is 0 Å². The highest BCUT2D eigenvalue weighted by molar-refractivity contribution is 5.81. The Bertz CT molecular complexity index is 270. The molecule has 0 spiro atoms. The van der Waals surface area contributed by atoms with Crippen LogP contribution >= 0.6 is 0 Å². The van der Waals surface area contributed by atoms with E-state index in [1.807, 2.05) is 14.0 Å². The molecule has 0 aromatic rings. The van der Waals surface area contributed by atoms with Crippen LogP contribution in [0, 0.1) is 5.92 Å². The molecule has 1 fully saturated rings. The van der Waals surface area contributed by atoms with E-state index < -0.39 is 0 Å². The third-order valence-corrected chi connectivity index (χ3v) is 4.24. The predicted molar refractivity (Wildman–Crippen MR) is 75.6 cm³/mol. The Kier molecular flexibility index (Phi) is 6.09. The van der Waals surface area contributed by atoms with E-state index in [1.54, 1.807) is 0 Å². The first-order chi connectivity index (χ1) is 8.49. The van der Waals surface area contributed by atoms with Crippen molar-refractivity contribution in [2.24, 2.45) is 5.92 Å². The van der Waals surface area contributed by atoms with Crippen molar-refractivity contribution in [3.63, 3.8) is 0 Å². The third kappa shape index (κ3) is 3.95. The highest BCUT2D eigenvalue weighted by atomic mass is 16.2. The van der Waals surface area contributed by atoms with Gasteiger partial charge < -0.3 is 10.6 Å². The number of hydrogen-bond donors (Lipinski definition) is 2. The fraction of sp³-hybridized carbons (Fsp3) is 0.929. The van der Waals surface area contributed by atoms with E-state index in [0.717, 1.165) is 25.9 Å². The molecule has 0 aromatic carbocycles. The number of hydrogen-bond acceptors (Lipinski definition) is 3. The van der Waals surface area contributed by atoms with Crippen molar-refractivity contribution in [3.05, 3.63) is 0 Å². The highest BCUT2D eigenvalue weighted by Crippen LogP contribution is 2.18. The van der Waals surface area contributed by atoms with Crippen LogP contribution in [0.4, 0.5) is 0 Å². The quantitative estimate of drug-likeness (QED) is 0.776. The lowest BCUT2D eigenvalue weighted by molar-refractivity contribution is -0.127. The second kappa shape index (κ2) is 7.10. The molecule has 1 aliphatic rings. The van der Waals surface area contributed by atoms with Crippen molar-refractivity contribution >= 4 is 5.91 Å². The first-order valence-corrected chi connectivity index (χ1v) is 7.21. The van der Waals surface area contributed by atoms with Crippen LogP contribution in [-0.4, -0.2) is 49.1 Å². The van der Waals surface area contributed by atoms with Gasteiger partial charge in [-0.05, 0) is 39.7 Å². The summed E-state index contributed by atoms with van der Waals surface area (Å²) in [4.78, 5) is 14.4. The van der Waals surface area contributed by atoms with E-state index in [1.165, 1.54) is 0 Å². The van der Waals surface area contributed by atoms with Gasteiger partial charge in [0.15, 0.2) is 0 Å². The van der Waals surface area contributed by atoms with Gasteiger partial charge in [0.25, 0.3) is 0 Å². The van der Waals surface area contributed by atoms with Crippen molar-refractivity contribution in [3.8, 4) is 0 Å². The zero-order chi connectivity index (χ0) is 13.7. The molecule has 4 unspecified atom stereocenters. The molecule has 0 bridgehead atoms. The summed E-state index contributed by atoms with van der Waals surface area (Å²) in [6.07, 6.45) is 2.11. The Morgan fingerprint density at radius 3 is 2.61 bits per heavy atom. The largest absolute Gasteiger partial charge is 0.352 e. The molecule has 0 aromatic heterocycles. The zero-order valence-electron chi connectivity index (χ0n) is 12.5. The molecule has 4 atom stereocenters. The molecule has 4 heteroatoms. The number of nitrogens with zero attached hydrogens (tertiary/aromatic N) is 1. The summed E-state index contributed by atoms with van der Waals surface area (Å²) in [5, 5.41) is 6.43. The molecule has 2 N–H and O–H groups in total. The molecule has 4 nitrogen and oxygen atoms in total. The lowest BCUT2D eigenvalue weighted by atomic mass is 9.93. The Morgan fingerprint density at radius 1 is 1.44 bits per heavy atom. The lowest BCUT2D eigenvalue weighted by Gasteiger charge is -2.39. The summed E-state index contributed by atoms with van der Waals surface area (Å²) < 4.78 is 0. The third-order valence-electron chi connectivity index (χ3n) is 4.24. The minimum atomic E-state index is -0.0146. The lowest BCUT2D eigenvalue weighted by Crippen LogP contribution is -2.54. The number of carbonyl (C=O) groups excluding carboxylic acids is 1. The van der Waals surface area contributed by atoms with Gasteiger partial charge in [-0.25, -0.2) is 0 Å². The molecular formula is C14H29N3O. The molecule has 18 heavy (non-hydrogen) atoms. The Balaban J connectivity index is 2.47. The maximum Gasteiger partial charge on any atom is 0.237 e. The van der Waals surface area contributed by atoms with Crippen LogP contribution in [0.1, 0.15) is 40.5 Å². The number of carbonyl (C=O) groups is 1. The molecule has 0 saturated carbocycles. The number of rotatable bonds is 5. The number of piperidine rings is 1. The second-order valence-corrected chi connectivity index (χ2v) is 5.65. The van der Waals surface area contributed by atoms with Crippen molar-refractivity contribution in [1.82, 2.24) is 15.5 Å². The molecule has 1 aliphatic heterocycles. The van der Waals surface area contributed by atoms with Crippen molar-refractivity contribution in [1.29, 1.82) is 0 Å². The van der Waals surface area contributed by atoms with E-state index in [0.29, 0.717) is 12.0 Å². The molecule has 106 valence electrons. The smallest absolute Gasteiger partial charge is 0.237 e. The van der Waals surface area contributed by atoms with Gasteiger partial charge in [-0.2, -0.15) is 0 Å². The van der Waals surface area contributed by atoms with Gasteiger partial charge in [0.2, 0.25) is 5.91 Å². The number of likely N-dealkylation sites (tertiary alicyclic amines) is 1. The Hall–Kier alpha value is -0.610. The maximum absolute atomic E-state index is 12.1. The van der Waals surface area contributed by atoms with Gasteiger partial charge in [0.05, 0.1) is 6.04 Å². The van der Waals surface area contributed by atoms with Crippen LogP contribution in [-0.2, 0) is 4.79 Å². The van der Waals surface area contributed by atoms with Crippen LogP contribution in [0.2, 0.25) is 0 Å². The highest BCUT2D eigenvalue weighted by Gasteiger charge is 2.30. The van der Waals surface area contributed by atoms with E-state index in [9.17, 15) is 4.79 Å². The average molecular weight is 255 g/mol. The first-order valence-electron chi connectivity index (χ1n) is 7.21. The molecule has 0 radical (unpaired) electrons. The fourth-order valence-electron chi connectivity index (χ4n) is 2.59. The van der Waals surface area contributed by atoms with Gasteiger partial charge in [-0.1, -0.05) is 13.8 Å². The SMILES string of the molecule is CCC(C)NC(=O)C(C)N1CCC(NC)C(C)C1. The van der Waals surface area contributed by atoms with E-state index in [4.69, 9.17) is 0 Å². The number of nitrogens with one attached hydrogen (secondary N) is 2. The average Bonchev–Trinajstić information content (AvgIpc) is 2.37. The zero-order valence-corrected chi connectivity index (χ0v) is 12.5. The molecular weight excluding hydrogens is 226 g/mol. The van der Waals surface area contributed by atoms with Gasteiger partial charge in [0, 0.05) is 25.2 Å². The van der Waals surface area contributed by atoms with Gasteiger partial charge in [-0.3, -0.25) is 9.69 Å². The second-order valence-electron chi connectivity index (χ2n) is 5.65. The molecule has 1 heterocycles. The summed E-state index contributed by atoms with van der Waals surface area (Å²) in [6, 6.07) is 0.845. The topological polar surface area (TPSA) is 44.4 Å². The van der Waals surface area contributed by atoms with Crippen LogP contribution in [0.15, 0.2) is 0 Å². The summed E-state index contributed by atoms with van der Waals surface area (Å²) in [7, 11) is 2.02. The van der Waals surface area contributed by atoms with Crippen molar-refractivity contribution in [2.75, 3.05) is 20.1 Å². The fourth-order valence-corrected chi connectivity index (χ4v) is 2.59. The summed E-state index contributed by atoms with van der Waals surface area (Å²) >= 11 is 0. The summed E-state index contributed by atoms with van der Waals surface area (Å²) in [5.41, 5.74) is 0. The monoisotopic (exact) mass is 255 g/mol. The molecule has 1 saturated heterocycles. The summed E-state index contributed by atoms with van der Waals surface area (Å²) in [6.45, 7) is 10.4. The van der Waals surface area contributed by atoms with E-state index in [-0.39, 0.29) is 18.0 Å². The standard InChI is InChI=1S/C14H29N3O/c1-6-11(3)16-14(18)12(4)17-8-7-13(15-5)10(2)9-17/h10-13,15H,6-9H2,1-5H3,(H,16,18). The van der Waals surface area contributed by atoms with Crippen molar-refractivity contribution < 1.29 is 4.79 Å². The first kappa shape index (κ1) is 15.4. The predicted octanol–water partition coefficient (Wildman–Crippen LogP) is 1.22. The normalized spacial score (nSPS) is 28.7. The van der Waals surface area contributed by atoms with Gasteiger partial charge in [-0.15, -0.1) is 0 Å².